The molecule has 2 aromatic carbocycles. The first kappa shape index (κ1) is 13.5. The van der Waals surface area contributed by atoms with E-state index in [9.17, 15) is 5.11 Å². The summed E-state index contributed by atoms with van der Waals surface area (Å²) in [7, 11) is 0. The highest BCUT2D eigenvalue weighted by molar-refractivity contribution is 9.10. The second kappa shape index (κ2) is 4.79. The summed E-state index contributed by atoms with van der Waals surface area (Å²) < 4.78 is 2.11. The second-order valence-corrected chi connectivity index (χ2v) is 6.63. The van der Waals surface area contributed by atoms with E-state index in [4.69, 9.17) is 5.73 Å². The number of phenols is 1. The fourth-order valence-corrected chi connectivity index (χ4v) is 4.07. The van der Waals surface area contributed by atoms with Gasteiger partial charge >= 0.3 is 0 Å². The number of nitrogens with two attached hydrogens (primary N) is 1. The van der Waals surface area contributed by atoms with Gasteiger partial charge in [-0.3, -0.25) is 0 Å². The zero-order valence-corrected chi connectivity index (χ0v) is 13.6. The molecule has 0 spiro atoms. The van der Waals surface area contributed by atoms with E-state index in [1.165, 1.54) is 4.70 Å². The molecule has 102 valence electrons. The van der Waals surface area contributed by atoms with Crippen LogP contribution in [0.25, 0.3) is 21.2 Å². The van der Waals surface area contributed by atoms with Crippen molar-refractivity contribution in [2.45, 2.75) is 13.8 Å². The van der Waals surface area contributed by atoms with E-state index in [1.807, 2.05) is 19.9 Å². The molecule has 4 heteroatoms. The van der Waals surface area contributed by atoms with Gasteiger partial charge in [0.2, 0.25) is 0 Å². The Morgan fingerprint density at radius 2 is 1.95 bits per heavy atom. The molecule has 1 heterocycles. The highest BCUT2D eigenvalue weighted by Gasteiger charge is 2.16. The number of aromatic hydroxyl groups is 1. The number of rotatable bonds is 1. The Bertz CT molecular complexity index is 823. The molecule has 3 rings (SSSR count). The maximum absolute atomic E-state index is 9.97. The zero-order valence-electron chi connectivity index (χ0n) is 11.2. The molecule has 2 nitrogen and oxygen atoms in total. The van der Waals surface area contributed by atoms with Gasteiger partial charge in [-0.05, 0) is 70.0 Å². The molecule has 3 N–H and O–H groups in total. The molecule has 0 aliphatic carbocycles. The van der Waals surface area contributed by atoms with Gasteiger partial charge in [-0.1, -0.05) is 6.07 Å². The van der Waals surface area contributed by atoms with Gasteiger partial charge in [0.15, 0.2) is 0 Å². The average Bonchev–Trinajstić information content (AvgIpc) is 2.88. The highest BCUT2D eigenvalue weighted by Crippen LogP contribution is 2.43. The molecular formula is C16H14BrNOS. The van der Waals surface area contributed by atoms with Crippen LogP contribution in [-0.2, 0) is 0 Å². The van der Waals surface area contributed by atoms with Gasteiger partial charge in [0.05, 0.1) is 5.69 Å². The Hall–Kier alpha value is -1.52. The summed E-state index contributed by atoms with van der Waals surface area (Å²) in [4.78, 5) is 0. The van der Waals surface area contributed by atoms with Crippen LogP contribution >= 0.6 is 27.3 Å². The van der Waals surface area contributed by atoms with E-state index in [0.29, 0.717) is 11.4 Å². The maximum Gasteiger partial charge on any atom is 0.119 e. The Morgan fingerprint density at radius 3 is 2.70 bits per heavy atom. The lowest BCUT2D eigenvalue weighted by atomic mass is 9.93. The number of anilines is 1. The van der Waals surface area contributed by atoms with Crippen LogP contribution in [0.2, 0.25) is 0 Å². The number of halogens is 1. The Labute approximate surface area is 130 Å². The van der Waals surface area contributed by atoms with Crippen molar-refractivity contribution in [1.82, 2.24) is 0 Å². The Kier molecular flexibility index (Phi) is 3.22. The number of phenolic OH excluding ortho intramolecular Hbond substituents is 1. The minimum Gasteiger partial charge on any atom is -0.508 e. The summed E-state index contributed by atoms with van der Waals surface area (Å²) in [5.74, 6) is 0.299. The number of benzene rings is 2. The van der Waals surface area contributed by atoms with Crippen LogP contribution < -0.4 is 5.73 Å². The van der Waals surface area contributed by atoms with Crippen LogP contribution in [0, 0.1) is 13.8 Å². The SMILES string of the molecule is Cc1ccc(O)c(C)c1-c1cc2sccc2c(Br)c1N. The first-order valence-corrected chi connectivity index (χ1v) is 7.92. The van der Waals surface area contributed by atoms with Crippen LogP contribution in [0.4, 0.5) is 5.69 Å². The lowest BCUT2D eigenvalue weighted by molar-refractivity contribution is 0.471. The molecule has 20 heavy (non-hydrogen) atoms. The van der Waals surface area contributed by atoms with Crippen LogP contribution in [0.15, 0.2) is 34.1 Å². The molecule has 0 saturated carbocycles. The van der Waals surface area contributed by atoms with Crippen molar-refractivity contribution in [3.8, 4) is 16.9 Å². The van der Waals surface area contributed by atoms with Crippen molar-refractivity contribution < 1.29 is 5.11 Å². The van der Waals surface area contributed by atoms with Gasteiger partial charge < -0.3 is 10.8 Å². The van der Waals surface area contributed by atoms with Gasteiger partial charge in [0.25, 0.3) is 0 Å². The van der Waals surface area contributed by atoms with Crippen LogP contribution in [-0.4, -0.2) is 5.11 Å². The van der Waals surface area contributed by atoms with Gasteiger partial charge in [-0.25, -0.2) is 0 Å². The maximum atomic E-state index is 9.97. The van der Waals surface area contributed by atoms with Crippen LogP contribution in [0.5, 0.6) is 5.75 Å². The summed E-state index contributed by atoms with van der Waals surface area (Å²) in [6.07, 6.45) is 0. The van der Waals surface area contributed by atoms with Crippen LogP contribution in [0.3, 0.4) is 0 Å². The van der Waals surface area contributed by atoms with Gasteiger partial charge in [0.1, 0.15) is 5.75 Å². The third-order valence-electron chi connectivity index (χ3n) is 3.65. The van der Waals surface area contributed by atoms with Crippen molar-refractivity contribution in [1.29, 1.82) is 0 Å². The number of hydrogen-bond donors (Lipinski definition) is 2. The molecule has 0 bridgehead atoms. The number of nitrogen functional groups attached to an aromatic ring is 1. The van der Waals surface area contributed by atoms with E-state index in [1.54, 1.807) is 17.4 Å². The molecule has 0 amide bonds. The monoisotopic (exact) mass is 347 g/mol. The number of fused-ring (bicyclic) bond motifs is 1. The first-order chi connectivity index (χ1) is 9.50. The number of thiophene rings is 1. The molecule has 0 fully saturated rings. The van der Waals surface area contributed by atoms with Crippen molar-refractivity contribution >= 4 is 43.0 Å². The predicted octanol–water partition coefficient (Wildman–Crippen LogP) is 5.24. The number of aryl methyl sites for hydroxylation is 1. The Morgan fingerprint density at radius 1 is 1.20 bits per heavy atom. The fourth-order valence-electron chi connectivity index (χ4n) is 2.54. The van der Waals surface area contributed by atoms with Crippen molar-refractivity contribution in [2.75, 3.05) is 5.73 Å². The molecule has 0 atom stereocenters. The van der Waals surface area contributed by atoms with E-state index in [0.717, 1.165) is 32.1 Å². The summed E-state index contributed by atoms with van der Waals surface area (Å²) in [5, 5.41) is 13.2. The van der Waals surface area contributed by atoms with Gasteiger partial charge in [-0.2, -0.15) is 0 Å². The molecule has 0 unspecified atom stereocenters. The molecule has 0 aliphatic rings. The van der Waals surface area contributed by atoms with E-state index in [2.05, 4.69) is 33.4 Å². The molecule has 0 aliphatic heterocycles. The summed E-state index contributed by atoms with van der Waals surface area (Å²) in [6.45, 7) is 3.96. The minimum absolute atomic E-state index is 0.299. The van der Waals surface area contributed by atoms with Crippen molar-refractivity contribution in [3.05, 3.63) is 45.2 Å². The van der Waals surface area contributed by atoms with Gasteiger partial charge in [0, 0.05) is 20.1 Å². The first-order valence-electron chi connectivity index (χ1n) is 6.25. The fraction of sp³-hybridized carbons (Fsp3) is 0.125. The summed E-state index contributed by atoms with van der Waals surface area (Å²) >= 11 is 5.28. The topological polar surface area (TPSA) is 46.2 Å². The summed E-state index contributed by atoms with van der Waals surface area (Å²) in [6, 6.07) is 7.81. The minimum atomic E-state index is 0.299. The zero-order chi connectivity index (χ0) is 14.4. The van der Waals surface area contributed by atoms with E-state index in [-0.39, 0.29) is 0 Å². The predicted molar refractivity (Wildman–Crippen MR) is 90.5 cm³/mol. The molecule has 3 aromatic rings. The van der Waals surface area contributed by atoms with Crippen molar-refractivity contribution in [3.63, 3.8) is 0 Å². The third kappa shape index (κ3) is 1.91. The van der Waals surface area contributed by atoms with Crippen molar-refractivity contribution in [2.24, 2.45) is 0 Å². The largest absolute Gasteiger partial charge is 0.508 e. The lowest BCUT2D eigenvalue weighted by Crippen LogP contribution is -1.96. The second-order valence-electron chi connectivity index (χ2n) is 4.89. The summed E-state index contributed by atoms with van der Waals surface area (Å²) in [5.41, 5.74) is 11.0. The quantitative estimate of drug-likeness (QED) is 0.591. The van der Waals surface area contributed by atoms with Crippen LogP contribution in [0.1, 0.15) is 11.1 Å². The van der Waals surface area contributed by atoms with E-state index < -0.39 is 0 Å². The standard InChI is InChI=1S/C16H14BrNOS/c1-8-3-4-12(19)9(2)14(8)11-7-13-10(5-6-20-13)15(17)16(11)18/h3-7,19H,18H2,1-2H3. The average molecular weight is 348 g/mol. The molecule has 0 radical (unpaired) electrons. The van der Waals surface area contributed by atoms with Gasteiger partial charge in [-0.15, -0.1) is 11.3 Å². The highest BCUT2D eigenvalue weighted by atomic mass is 79.9. The Balaban J connectivity index is 2.41. The molecule has 1 aromatic heterocycles. The smallest absolute Gasteiger partial charge is 0.119 e. The lowest BCUT2D eigenvalue weighted by Gasteiger charge is -2.15. The van der Waals surface area contributed by atoms with E-state index >= 15 is 0 Å². The molecular weight excluding hydrogens is 334 g/mol. The number of hydrogen-bond acceptors (Lipinski definition) is 3. The normalized spacial score (nSPS) is 11.2. The third-order valence-corrected chi connectivity index (χ3v) is 5.37. The molecule has 0 saturated heterocycles.